The van der Waals surface area contributed by atoms with E-state index in [1.54, 1.807) is 6.20 Å². The van der Waals surface area contributed by atoms with Crippen molar-refractivity contribution in [3.8, 4) is 0 Å². The Kier molecular flexibility index (Phi) is 3.92. The van der Waals surface area contributed by atoms with Crippen LogP contribution in [0.15, 0.2) is 24.4 Å². The minimum atomic E-state index is -0.870. The molecule has 2 atom stereocenters. The van der Waals surface area contributed by atoms with Crippen LogP contribution in [-0.4, -0.2) is 22.0 Å². The van der Waals surface area contributed by atoms with Gasteiger partial charge in [-0.15, -0.1) is 0 Å². The largest absolute Gasteiger partial charge is 0.481 e. The highest BCUT2D eigenvalue weighted by Crippen LogP contribution is 2.32. The second-order valence-corrected chi connectivity index (χ2v) is 4.52. The highest BCUT2D eigenvalue weighted by molar-refractivity contribution is 5.85. The second-order valence-electron chi connectivity index (χ2n) is 4.52. The molecule has 1 aliphatic rings. The van der Waals surface area contributed by atoms with Crippen molar-refractivity contribution in [3.05, 3.63) is 30.1 Å². The van der Waals surface area contributed by atoms with Gasteiger partial charge in [0.25, 0.3) is 0 Å². The van der Waals surface area contributed by atoms with Gasteiger partial charge >= 0.3 is 5.97 Å². The Balaban J connectivity index is 1.90. The van der Waals surface area contributed by atoms with Gasteiger partial charge in [0.15, 0.2) is 0 Å². The lowest BCUT2D eigenvalue weighted by atomic mass is 9.95. The zero-order chi connectivity index (χ0) is 13.0. The average Bonchev–Trinajstić information content (AvgIpc) is 2.86. The summed E-state index contributed by atoms with van der Waals surface area (Å²) in [5, 5.41) is 11.8. The minimum Gasteiger partial charge on any atom is -0.481 e. The highest BCUT2D eigenvalue weighted by atomic mass is 16.4. The average molecular weight is 248 g/mol. The van der Waals surface area contributed by atoms with E-state index in [4.69, 9.17) is 5.11 Å². The normalized spacial score (nSPS) is 22.7. The van der Waals surface area contributed by atoms with E-state index in [-0.39, 0.29) is 5.91 Å². The zero-order valence-corrected chi connectivity index (χ0v) is 10.0. The molecule has 1 aromatic heterocycles. The Labute approximate surface area is 105 Å². The van der Waals surface area contributed by atoms with Crippen LogP contribution < -0.4 is 5.32 Å². The summed E-state index contributed by atoms with van der Waals surface area (Å²) < 4.78 is 0. The summed E-state index contributed by atoms with van der Waals surface area (Å²) in [7, 11) is 0. The number of aliphatic carboxylic acids is 1. The Morgan fingerprint density at radius 1 is 1.33 bits per heavy atom. The van der Waals surface area contributed by atoms with Crippen molar-refractivity contribution in [2.24, 2.45) is 11.8 Å². The SMILES string of the molecule is O=C(O)C1CCCC1C(=O)NCc1ccccn1. The first-order chi connectivity index (χ1) is 8.68. The van der Waals surface area contributed by atoms with Gasteiger partial charge in [-0.3, -0.25) is 14.6 Å². The Bertz CT molecular complexity index is 433. The quantitative estimate of drug-likeness (QED) is 0.839. The Hall–Kier alpha value is -1.91. The number of pyridine rings is 1. The molecule has 1 aromatic rings. The molecule has 5 heteroatoms. The molecule has 5 nitrogen and oxygen atoms in total. The topological polar surface area (TPSA) is 79.3 Å². The predicted octanol–water partition coefficient (Wildman–Crippen LogP) is 1.20. The molecule has 0 bridgehead atoms. The van der Waals surface area contributed by atoms with E-state index in [0.717, 1.165) is 12.1 Å². The van der Waals surface area contributed by atoms with Gasteiger partial charge in [0.2, 0.25) is 5.91 Å². The summed E-state index contributed by atoms with van der Waals surface area (Å²) in [6.45, 7) is 0.350. The third-order valence-electron chi connectivity index (χ3n) is 3.34. The van der Waals surface area contributed by atoms with Gasteiger partial charge < -0.3 is 10.4 Å². The summed E-state index contributed by atoms with van der Waals surface area (Å²) in [5.74, 6) is -1.98. The van der Waals surface area contributed by atoms with Crippen LogP contribution >= 0.6 is 0 Å². The maximum atomic E-state index is 11.9. The maximum Gasteiger partial charge on any atom is 0.307 e. The molecule has 2 rings (SSSR count). The molecule has 0 aliphatic heterocycles. The van der Waals surface area contributed by atoms with Crippen LogP contribution in [0.3, 0.4) is 0 Å². The van der Waals surface area contributed by atoms with E-state index in [1.165, 1.54) is 0 Å². The van der Waals surface area contributed by atoms with Crippen molar-refractivity contribution in [2.45, 2.75) is 25.8 Å². The lowest BCUT2D eigenvalue weighted by molar-refractivity contribution is -0.146. The highest BCUT2D eigenvalue weighted by Gasteiger charge is 2.37. The Morgan fingerprint density at radius 3 is 2.78 bits per heavy atom. The fraction of sp³-hybridized carbons (Fsp3) is 0.462. The number of amides is 1. The first-order valence-electron chi connectivity index (χ1n) is 6.09. The van der Waals surface area contributed by atoms with Gasteiger partial charge in [-0.2, -0.15) is 0 Å². The number of rotatable bonds is 4. The summed E-state index contributed by atoms with van der Waals surface area (Å²) >= 11 is 0. The predicted molar refractivity (Wildman–Crippen MR) is 64.6 cm³/mol. The molecule has 0 aromatic carbocycles. The number of carbonyl (C=O) groups is 2. The molecule has 0 spiro atoms. The van der Waals surface area contributed by atoms with Crippen LogP contribution in [0.25, 0.3) is 0 Å². The van der Waals surface area contributed by atoms with Gasteiger partial charge in [0.1, 0.15) is 0 Å². The number of hydrogen-bond donors (Lipinski definition) is 2. The van der Waals surface area contributed by atoms with Crippen LogP contribution in [0.5, 0.6) is 0 Å². The van der Waals surface area contributed by atoms with E-state index in [1.807, 2.05) is 18.2 Å². The molecule has 1 saturated carbocycles. The van der Waals surface area contributed by atoms with E-state index < -0.39 is 17.8 Å². The molecule has 2 N–H and O–H groups in total. The standard InChI is InChI=1S/C13H16N2O3/c16-12(10-5-3-6-11(10)13(17)18)15-8-9-4-1-2-7-14-9/h1-2,4,7,10-11H,3,5-6,8H2,(H,15,16)(H,17,18). The van der Waals surface area contributed by atoms with E-state index >= 15 is 0 Å². The van der Waals surface area contributed by atoms with E-state index in [2.05, 4.69) is 10.3 Å². The molecule has 1 amide bonds. The summed E-state index contributed by atoms with van der Waals surface area (Å²) in [6.07, 6.45) is 3.72. The molecule has 1 fully saturated rings. The van der Waals surface area contributed by atoms with E-state index in [9.17, 15) is 9.59 Å². The third-order valence-corrected chi connectivity index (χ3v) is 3.34. The first-order valence-corrected chi connectivity index (χ1v) is 6.09. The molecule has 96 valence electrons. The number of nitrogens with zero attached hydrogens (tertiary/aromatic N) is 1. The zero-order valence-electron chi connectivity index (χ0n) is 10.0. The summed E-state index contributed by atoms with van der Waals surface area (Å²) in [5.41, 5.74) is 0.774. The number of hydrogen-bond acceptors (Lipinski definition) is 3. The number of nitrogens with one attached hydrogen (secondary N) is 1. The van der Waals surface area contributed by atoms with Crippen molar-refractivity contribution < 1.29 is 14.7 Å². The number of carbonyl (C=O) groups excluding carboxylic acids is 1. The molecule has 1 heterocycles. The lowest BCUT2D eigenvalue weighted by Crippen LogP contribution is -2.35. The molecule has 0 radical (unpaired) electrons. The lowest BCUT2D eigenvalue weighted by Gasteiger charge is -2.15. The van der Waals surface area contributed by atoms with Crippen LogP contribution in [0.2, 0.25) is 0 Å². The fourth-order valence-corrected chi connectivity index (χ4v) is 2.38. The van der Waals surface area contributed by atoms with Gasteiger partial charge in [-0.25, -0.2) is 0 Å². The van der Waals surface area contributed by atoms with Crippen molar-refractivity contribution >= 4 is 11.9 Å². The van der Waals surface area contributed by atoms with Crippen LogP contribution in [0, 0.1) is 11.8 Å². The van der Waals surface area contributed by atoms with Crippen LogP contribution in [0.1, 0.15) is 25.0 Å². The van der Waals surface area contributed by atoms with Crippen molar-refractivity contribution in [1.82, 2.24) is 10.3 Å². The van der Waals surface area contributed by atoms with Crippen molar-refractivity contribution in [1.29, 1.82) is 0 Å². The number of carboxylic acids is 1. The molecule has 18 heavy (non-hydrogen) atoms. The van der Waals surface area contributed by atoms with Crippen LogP contribution in [0.4, 0.5) is 0 Å². The van der Waals surface area contributed by atoms with Gasteiger partial charge in [-0.1, -0.05) is 12.5 Å². The van der Waals surface area contributed by atoms with Crippen molar-refractivity contribution in [3.63, 3.8) is 0 Å². The summed E-state index contributed by atoms with van der Waals surface area (Å²) in [4.78, 5) is 27.0. The third kappa shape index (κ3) is 2.85. The molecule has 2 unspecified atom stereocenters. The molecular weight excluding hydrogens is 232 g/mol. The monoisotopic (exact) mass is 248 g/mol. The van der Waals surface area contributed by atoms with Gasteiger partial charge in [-0.05, 0) is 25.0 Å². The fourth-order valence-electron chi connectivity index (χ4n) is 2.38. The first kappa shape index (κ1) is 12.5. The molecule has 0 saturated heterocycles. The van der Waals surface area contributed by atoms with Crippen molar-refractivity contribution in [2.75, 3.05) is 0 Å². The van der Waals surface area contributed by atoms with E-state index in [0.29, 0.717) is 19.4 Å². The molecular formula is C13H16N2O3. The maximum absolute atomic E-state index is 11.9. The smallest absolute Gasteiger partial charge is 0.307 e. The van der Waals surface area contributed by atoms with Crippen LogP contribution in [-0.2, 0) is 16.1 Å². The second kappa shape index (κ2) is 5.62. The minimum absolute atomic E-state index is 0.175. The molecule has 1 aliphatic carbocycles. The number of aromatic nitrogens is 1. The number of carboxylic acid groups (broad SMARTS) is 1. The van der Waals surface area contributed by atoms with Gasteiger partial charge in [0, 0.05) is 6.20 Å². The Morgan fingerprint density at radius 2 is 2.11 bits per heavy atom. The summed E-state index contributed by atoms with van der Waals surface area (Å²) in [6, 6.07) is 5.48. The van der Waals surface area contributed by atoms with Gasteiger partial charge in [0.05, 0.1) is 24.1 Å².